The third-order valence-corrected chi connectivity index (χ3v) is 6.44. The topological polar surface area (TPSA) is 61.4 Å². The second-order valence-electron chi connectivity index (χ2n) is 8.68. The van der Waals surface area contributed by atoms with Crippen LogP contribution < -0.4 is 5.32 Å². The molecule has 30 heavy (non-hydrogen) atoms. The molecule has 0 radical (unpaired) electrons. The summed E-state index contributed by atoms with van der Waals surface area (Å²) in [4.78, 5) is 26.5. The molecule has 1 N–H and O–H groups in total. The molecule has 0 spiro atoms. The van der Waals surface area contributed by atoms with E-state index in [0.717, 1.165) is 57.0 Å². The predicted molar refractivity (Wildman–Crippen MR) is 118 cm³/mol. The second kappa shape index (κ2) is 10.1. The van der Waals surface area contributed by atoms with Crippen molar-refractivity contribution in [2.24, 2.45) is 5.92 Å². The van der Waals surface area contributed by atoms with E-state index in [2.05, 4.69) is 37.2 Å². The van der Waals surface area contributed by atoms with Gasteiger partial charge in [0.05, 0.1) is 18.2 Å². The number of hydrogen-bond acceptors (Lipinski definition) is 5. The van der Waals surface area contributed by atoms with Crippen LogP contribution in [0.1, 0.15) is 42.6 Å². The molecule has 0 unspecified atom stereocenters. The third-order valence-electron chi connectivity index (χ3n) is 6.44. The average Bonchev–Trinajstić information content (AvgIpc) is 2.79. The number of nitrogens with one attached hydrogen (secondary N) is 1. The summed E-state index contributed by atoms with van der Waals surface area (Å²) in [5, 5.41) is 3.11. The molecular formula is C24H33N5O. The highest BCUT2D eigenvalue weighted by Gasteiger charge is 2.31. The number of rotatable bonds is 6. The van der Waals surface area contributed by atoms with Gasteiger partial charge < -0.3 is 5.32 Å². The van der Waals surface area contributed by atoms with E-state index in [1.165, 1.54) is 18.4 Å². The molecular weight excluding hydrogens is 374 g/mol. The van der Waals surface area contributed by atoms with Crippen LogP contribution in [0.25, 0.3) is 0 Å². The van der Waals surface area contributed by atoms with Crippen LogP contribution in [0.4, 0.5) is 0 Å². The lowest BCUT2D eigenvalue weighted by molar-refractivity contribution is -0.127. The number of nitrogens with zero attached hydrogens (tertiary/aromatic N) is 4. The van der Waals surface area contributed by atoms with Gasteiger partial charge in [0.1, 0.15) is 0 Å². The molecule has 0 bridgehead atoms. The van der Waals surface area contributed by atoms with Gasteiger partial charge in [0.15, 0.2) is 0 Å². The molecule has 6 nitrogen and oxygen atoms in total. The fourth-order valence-electron chi connectivity index (χ4n) is 4.76. The molecule has 6 heteroatoms. The summed E-state index contributed by atoms with van der Waals surface area (Å²) in [7, 11) is 0. The summed E-state index contributed by atoms with van der Waals surface area (Å²) in [6, 6.07) is 10.8. The van der Waals surface area contributed by atoms with Gasteiger partial charge >= 0.3 is 0 Å². The first-order chi connectivity index (χ1) is 14.7. The molecule has 2 aromatic heterocycles. The molecule has 2 fully saturated rings. The molecule has 2 saturated heterocycles. The van der Waals surface area contributed by atoms with Gasteiger partial charge in [-0.15, -0.1) is 0 Å². The Morgan fingerprint density at radius 3 is 2.67 bits per heavy atom. The predicted octanol–water partition coefficient (Wildman–Crippen LogP) is 2.78. The standard InChI is InChI=1S/C24H33N5O/c1-19-4-2-6-22(27-19)16-26-24(30)21-5-3-13-29(18-21)23-9-14-28(15-10-23)17-20-7-11-25-12-8-20/h2,4,6-8,11-12,21,23H,3,5,9-10,13-18H2,1H3,(H,26,30)/t21-/m1/s1. The van der Waals surface area contributed by atoms with Crippen LogP contribution in [0.5, 0.6) is 0 Å². The third kappa shape index (κ3) is 5.64. The fraction of sp³-hybridized carbons (Fsp3) is 0.542. The maximum Gasteiger partial charge on any atom is 0.224 e. The smallest absolute Gasteiger partial charge is 0.224 e. The van der Waals surface area contributed by atoms with Crippen molar-refractivity contribution in [1.82, 2.24) is 25.1 Å². The van der Waals surface area contributed by atoms with Gasteiger partial charge in [-0.3, -0.25) is 24.6 Å². The maximum absolute atomic E-state index is 12.8. The molecule has 4 heterocycles. The number of likely N-dealkylation sites (tertiary alicyclic amines) is 2. The van der Waals surface area contributed by atoms with Crippen molar-refractivity contribution >= 4 is 5.91 Å². The summed E-state index contributed by atoms with van der Waals surface area (Å²) in [5.74, 6) is 0.275. The van der Waals surface area contributed by atoms with Crippen molar-refractivity contribution in [2.45, 2.75) is 51.7 Å². The lowest BCUT2D eigenvalue weighted by Crippen LogP contribution is -2.50. The SMILES string of the molecule is Cc1cccc(CNC(=O)[C@@H]2CCCN(C3CCN(Cc4ccncc4)CC3)C2)n1. The van der Waals surface area contributed by atoms with Gasteiger partial charge in [0.25, 0.3) is 0 Å². The van der Waals surface area contributed by atoms with Gasteiger partial charge in [-0.25, -0.2) is 0 Å². The highest BCUT2D eigenvalue weighted by atomic mass is 16.1. The van der Waals surface area contributed by atoms with Gasteiger partial charge in [0, 0.05) is 37.2 Å². The molecule has 2 aliphatic heterocycles. The Balaban J connectivity index is 1.23. The second-order valence-corrected chi connectivity index (χ2v) is 8.68. The van der Waals surface area contributed by atoms with E-state index >= 15 is 0 Å². The van der Waals surface area contributed by atoms with E-state index in [1.807, 2.05) is 37.5 Å². The van der Waals surface area contributed by atoms with Crippen molar-refractivity contribution in [1.29, 1.82) is 0 Å². The van der Waals surface area contributed by atoms with Gasteiger partial charge in [-0.2, -0.15) is 0 Å². The largest absolute Gasteiger partial charge is 0.350 e. The number of aromatic nitrogens is 2. The number of carbonyl (C=O) groups excluding carboxylic acids is 1. The van der Waals surface area contributed by atoms with Crippen LogP contribution in [-0.2, 0) is 17.9 Å². The van der Waals surface area contributed by atoms with Crippen LogP contribution >= 0.6 is 0 Å². The lowest BCUT2D eigenvalue weighted by atomic mass is 9.93. The Morgan fingerprint density at radius 2 is 1.90 bits per heavy atom. The molecule has 1 amide bonds. The van der Waals surface area contributed by atoms with E-state index in [0.29, 0.717) is 12.6 Å². The van der Waals surface area contributed by atoms with E-state index in [1.54, 1.807) is 0 Å². The molecule has 1 atom stereocenters. The van der Waals surface area contributed by atoms with Crippen molar-refractivity contribution < 1.29 is 4.79 Å². The maximum atomic E-state index is 12.8. The first-order valence-corrected chi connectivity index (χ1v) is 11.2. The van der Waals surface area contributed by atoms with Gasteiger partial charge in [-0.1, -0.05) is 6.07 Å². The molecule has 0 saturated carbocycles. The van der Waals surface area contributed by atoms with Crippen molar-refractivity contribution in [3.05, 3.63) is 59.7 Å². The number of carbonyl (C=O) groups is 1. The van der Waals surface area contributed by atoms with E-state index in [-0.39, 0.29) is 11.8 Å². The van der Waals surface area contributed by atoms with E-state index < -0.39 is 0 Å². The van der Waals surface area contributed by atoms with E-state index in [9.17, 15) is 4.79 Å². The van der Waals surface area contributed by atoms with Crippen LogP contribution in [0.15, 0.2) is 42.7 Å². The lowest BCUT2D eigenvalue weighted by Gasteiger charge is -2.42. The Morgan fingerprint density at radius 1 is 1.10 bits per heavy atom. The Kier molecular flexibility index (Phi) is 7.07. The number of piperidine rings is 2. The summed E-state index contributed by atoms with van der Waals surface area (Å²) in [5.41, 5.74) is 3.25. The zero-order chi connectivity index (χ0) is 20.8. The van der Waals surface area contributed by atoms with E-state index in [4.69, 9.17) is 0 Å². The van der Waals surface area contributed by atoms with Crippen molar-refractivity contribution in [3.8, 4) is 0 Å². The Hall–Kier alpha value is -2.31. The van der Waals surface area contributed by atoms with Crippen LogP contribution in [0.3, 0.4) is 0 Å². The minimum absolute atomic E-state index is 0.0957. The zero-order valence-corrected chi connectivity index (χ0v) is 18.0. The van der Waals surface area contributed by atoms with Crippen LogP contribution in [-0.4, -0.2) is 57.9 Å². The quantitative estimate of drug-likeness (QED) is 0.798. The number of pyridine rings is 2. The minimum atomic E-state index is 0.0957. The first-order valence-electron chi connectivity index (χ1n) is 11.2. The normalized spacial score (nSPS) is 21.4. The summed E-state index contributed by atoms with van der Waals surface area (Å²) < 4.78 is 0. The van der Waals surface area contributed by atoms with Gasteiger partial charge in [-0.05, 0) is 82.1 Å². The minimum Gasteiger partial charge on any atom is -0.350 e. The zero-order valence-electron chi connectivity index (χ0n) is 18.0. The summed E-state index contributed by atoms with van der Waals surface area (Å²) in [6.07, 6.45) is 8.22. The molecule has 4 rings (SSSR count). The molecule has 2 aromatic rings. The monoisotopic (exact) mass is 407 g/mol. The average molecular weight is 408 g/mol. The number of amides is 1. The van der Waals surface area contributed by atoms with Crippen LogP contribution in [0, 0.1) is 12.8 Å². The highest BCUT2D eigenvalue weighted by Crippen LogP contribution is 2.24. The Bertz CT molecular complexity index is 819. The number of aryl methyl sites for hydroxylation is 1. The number of hydrogen-bond donors (Lipinski definition) is 1. The first kappa shape index (κ1) is 20.9. The molecule has 0 aliphatic carbocycles. The molecule has 2 aliphatic rings. The summed E-state index contributed by atoms with van der Waals surface area (Å²) in [6.45, 7) is 7.77. The van der Waals surface area contributed by atoms with Crippen molar-refractivity contribution in [2.75, 3.05) is 26.2 Å². The highest BCUT2D eigenvalue weighted by molar-refractivity contribution is 5.78. The molecule has 0 aromatic carbocycles. The van der Waals surface area contributed by atoms with Gasteiger partial charge in [0.2, 0.25) is 5.91 Å². The Labute approximate surface area is 179 Å². The molecule has 160 valence electrons. The van der Waals surface area contributed by atoms with Crippen LogP contribution in [0.2, 0.25) is 0 Å². The fourth-order valence-corrected chi connectivity index (χ4v) is 4.76. The summed E-state index contributed by atoms with van der Waals surface area (Å²) >= 11 is 0. The van der Waals surface area contributed by atoms with Crippen molar-refractivity contribution in [3.63, 3.8) is 0 Å².